The number of nitrogens with one attached hydrogen (secondary N) is 2. The third kappa shape index (κ3) is 4.30. The maximum absolute atomic E-state index is 13.1. The lowest BCUT2D eigenvalue weighted by atomic mass is 10.1. The van der Waals surface area contributed by atoms with Crippen LogP contribution >= 0.6 is 11.6 Å². The quantitative estimate of drug-likeness (QED) is 0.600. The second kappa shape index (κ2) is 8.29. The molecule has 1 aliphatic rings. The van der Waals surface area contributed by atoms with E-state index in [1.54, 1.807) is 23.1 Å². The van der Waals surface area contributed by atoms with Gasteiger partial charge in [0.2, 0.25) is 0 Å². The molecule has 150 valence electrons. The number of urea groups is 1. The van der Waals surface area contributed by atoms with Gasteiger partial charge in [0.05, 0.1) is 12.1 Å². The maximum Gasteiger partial charge on any atom is 0.322 e. The lowest BCUT2D eigenvalue weighted by Gasteiger charge is -2.29. The highest BCUT2D eigenvalue weighted by Crippen LogP contribution is 2.26. The van der Waals surface area contributed by atoms with Crippen LogP contribution in [0, 0.1) is 6.92 Å². The molecule has 0 atom stereocenters. The van der Waals surface area contributed by atoms with Crippen LogP contribution in [0.15, 0.2) is 53.3 Å². The second-order valence-corrected chi connectivity index (χ2v) is 8.11. The van der Waals surface area contributed by atoms with Crippen LogP contribution in [0.3, 0.4) is 0 Å². The van der Waals surface area contributed by atoms with Gasteiger partial charge in [-0.1, -0.05) is 48.7 Å². The van der Waals surface area contributed by atoms with Gasteiger partial charge >= 0.3 is 6.03 Å². The van der Waals surface area contributed by atoms with E-state index >= 15 is 0 Å². The zero-order chi connectivity index (χ0) is 20.4. The molecule has 5 nitrogen and oxygen atoms in total. The summed E-state index contributed by atoms with van der Waals surface area (Å²) in [5.41, 5.74) is 2.96. The van der Waals surface area contributed by atoms with Crippen LogP contribution < -0.4 is 10.9 Å². The van der Waals surface area contributed by atoms with Crippen molar-refractivity contribution < 1.29 is 4.79 Å². The average Bonchev–Trinajstić information content (AvgIpc) is 3.21. The van der Waals surface area contributed by atoms with Gasteiger partial charge in [0, 0.05) is 22.3 Å². The highest BCUT2D eigenvalue weighted by atomic mass is 35.5. The number of hydrogen-bond donors (Lipinski definition) is 2. The standard InChI is InChI=1S/C23H24ClN3O2/c1-15-6-4-7-16-12-17(22(28)26-21(15)16)14-27(20-10-2-3-11-20)23(29)25-19-9-5-8-18(24)13-19/h4-9,12-13,20H,2-3,10-11,14H2,1H3,(H,25,29)(H,26,28). The number of benzene rings is 2. The van der Waals surface area contributed by atoms with Gasteiger partial charge in [-0.25, -0.2) is 4.79 Å². The molecule has 4 rings (SSSR count). The Labute approximate surface area is 174 Å². The molecule has 0 unspecified atom stereocenters. The fourth-order valence-corrected chi connectivity index (χ4v) is 4.26. The molecule has 0 aliphatic heterocycles. The average molecular weight is 410 g/mol. The SMILES string of the molecule is Cc1cccc2cc(CN(C(=O)Nc3cccc(Cl)c3)C3CCCC3)c(=O)[nH]c12. The fraction of sp³-hybridized carbons (Fsp3) is 0.304. The number of amides is 2. The number of aryl methyl sites for hydroxylation is 1. The first kappa shape index (κ1) is 19.5. The number of pyridine rings is 1. The van der Waals surface area contributed by atoms with Crippen molar-refractivity contribution in [1.29, 1.82) is 0 Å². The minimum Gasteiger partial charge on any atom is -0.321 e. The zero-order valence-electron chi connectivity index (χ0n) is 16.4. The molecule has 2 amide bonds. The minimum atomic E-state index is -0.206. The summed E-state index contributed by atoms with van der Waals surface area (Å²) in [7, 11) is 0. The van der Waals surface area contributed by atoms with E-state index in [9.17, 15) is 9.59 Å². The first-order valence-corrected chi connectivity index (χ1v) is 10.3. The van der Waals surface area contributed by atoms with Crippen LogP contribution in [0.1, 0.15) is 36.8 Å². The Balaban J connectivity index is 1.64. The first-order valence-electron chi connectivity index (χ1n) is 9.96. The lowest BCUT2D eigenvalue weighted by molar-refractivity contribution is 0.184. The van der Waals surface area contributed by atoms with Gasteiger partial charge in [-0.05, 0) is 55.0 Å². The first-order chi connectivity index (χ1) is 14.0. The van der Waals surface area contributed by atoms with Crippen molar-refractivity contribution in [2.75, 3.05) is 5.32 Å². The van der Waals surface area contributed by atoms with Gasteiger partial charge in [0.15, 0.2) is 0 Å². The summed E-state index contributed by atoms with van der Waals surface area (Å²) >= 11 is 6.04. The van der Waals surface area contributed by atoms with Crippen LogP contribution in [-0.2, 0) is 6.54 Å². The van der Waals surface area contributed by atoms with Crippen molar-refractivity contribution in [2.45, 2.75) is 45.2 Å². The van der Waals surface area contributed by atoms with Gasteiger partial charge in [-0.3, -0.25) is 4.79 Å². The van der Waals surface area contributed by atoms with Crippen LogP contribution in [0.2, 0.25) is 5.02 Å². The normalized spacial score (nSPS) is 14.3. The van der Waals surface area contributed by atoms with E-state index < -0.39 is 0 Å². The molecule has 6 heteroatoms. The smallest absolute Gasteiger partial charge is 0.321 e. The van der Waals surface area contributed by atoms with E-state index in [0.717, 1.165) is 42.1 Å². The number of fused-ring (bicyclic) bond motifs is 1. The van der Waals surface area contributed by atoms with Crippen molar-refractivity contribution >= 4 is 34.2 Å². The summed E-state index contributed by atoms with van der Waals surface area (Å²) in [6, 6.07) is 14.8. The third-order valence-electron chi connectivity index (χ3n) is 5.61. The van der Waals surface area contributed by atoms with Gasteiger partial charge in [-0.2, -0.15) is 0 Å². The Morgan fingerprint density at radius 1 is 1.17 bits per heavy atom. The number of anilines is 1. The number of H-pyrrole nitrogens is 1. The van der Waals surface area contributed by atoms with E-state index in [4.69, 9.17) is 11.6 Å². The van der Waals surface area contributed by atoms with E-state index in [2.05, 4.69) is 10.3 Å². The molecule has 1 aliphatic carbocycles. The fourth-order valence-electron chi connectivity index (χ4n) is 4.07. The monoisotopic (exact) mass is 409 g/mol. The number of carbonyl (C=O) groups is 1. The number of para-hydroxylation sites is 1. The minimum absolute atomic E-state index is 0.127. The maximum atomic E-state index is 13.1. The van der Waals surface area contributed by atoms with E-state index in [-0.39, 0.29) is 24.2 Å². The Morgan fingerprint density at radius 2 is 1.93 bits per heavy atom. The highest BCUT2D eigenvalue weighted by molar-refractivity contribution is 6.30. The van der Waals surface area contributed by atoms with Gasteiger partial charge in [0.25, 0.3) is 5.56 Å². The van der Waals surface area contributed by atoms with Crippen molar-refractivity contribution in [3.8, 4) is 0 Å². The molecular weight excluding hydrogens is 386 g/mol. The number of nitrogens with zero attached hydrogens (tertiary/aromatic N) is 1. The van der Waals surface area contributed by atoms with Crippen LogP contribution in [0.5, 0.6) is 0 Å². The molecule has 3 aromatic rings. The summed E-state index contributed by atoms with van der Waals surface area (Å²) in [6.07, 6.45) is 4.10. The third-order valence-corrected chi connectivity index (χ3v) is 5.84. The topological polar surface area (TPSA) is 65.2 Å². The van der Waals surface area contributed by atoms with Gasteiger partial charge in [-0.15, -0.1) is 0 Å². The number of halogens is 1. The molecule has 1 heterocycles. The van der Waals surface area contributed by atoms with Crippen molar-refractivity contribution in [1.82, 2.24) is 9.88 Å². The Hall–Kier alpha value is -2.79. The Kier molecular flexibility index (Phi) is 5.58. The molecular formula is C23H24ClN3O2. The number of hydrogen-bond acceptors (Lipinski definition) is 2. The second-order valence-electron chi connectivity index (χ2n) is 7.67. The molecule has 1 fully saturated rings. The van der Waals surface area contributed by atoms with Crippen LogP contribution in [0.25, 0.3) is 10.9 Å². The number of aromatic amines is 1. The molecule has 0 spiro atoms. The van der Waals surface area contributed by atoms with Crippen molar-refractivity contribution in [3.63, 3.8) is 0 Å². The van der Waals surface area contributed by atoms with E-state index in [1.165, 1.54) is 0 Å². The summed E-state index contributed by atoms with van der Waals surface area (Å²) in [5, 5.41) is 4.48. The van der Waals surface area contributed by atoms with E-state index in [0.29, 0.717) is 16.3 Å². The number of carbonyl (C=O) groups excluding carboxylic acids is 1. The predicted molar refractivity (Wildman–Crippen MR) is 118 cm³/mol. The Morgan fingerprint density at radius 3 is 2.69 bits per heavy atom. The van der Waals surface area contributed by atoms with Crippen molar-refractivity contribution in [2.24, 2.45) is 0 Å². The van der Waals surface area contributed by atoms with Crippen molar-refractivity contribution in [3.05, 3.63) is 75.0 Å². The van der Waals surface area contributed by atoms with Crippen LogP contribution in [-0.4, -0.2) is 22.0 Å². The molecule has 29 heavy (non-hydrogen) atoms. The summed E-state index contributed by atoms with van der Waals surface area (Å²) in [5.74, 6) is 0. The summed E-state index contributed by atoms with van der Waals surface area (Å²) in [6.45, 7) is 2.25. The number of aromatic nitrogens is 1. The molecule has 0 bridgehead atoms. The molecule has 2 aromatic carbocycles. The Bertz CT molecular complexity index is 1100. The largest absolute Gasteiger partial charge is 0.322 e. The summed E-state index contributed by atoms with van der Waals surface area (Å²) in [4.78, 5) is 30.6. The molecule has 2 N–H and O–H groups in total. The molecule has 0 radical (unpaired) electrons. The summed E-state index contributed by atoms with van der Waals surface area (Å²) < 4.78 is 0. The predicted octanol–water partition coefficient (Wildman–Crippen LogP) is 5.47. The molecule has 0 saturated heterocycles. The van der Waals surface area contributed by atoms with E-state index in [1.807, 2.05) is 37.3 Å². The van der Waals surface area contributed by atoms with Gasteiger partial charge in [0.1, 0.15) is 0 Å². The highest BCUT2D eigenvalue weighted by Gasteiger charge is 2.27. The van der Waals surface area contributed by atoms with Gasteiger partial charge < -0.3 is 15.2 Å². The molecule has 1 aromatic heterocycles. The zero-order valence-corrected chi connectivity index (χ0v) is 17.1. The lowest BCUT2D eigenvalue weighted by Crippen LogP contribution is -2.42. The number of rotatable bonds is 4. The van der Waals surface area contributed by atoms with Crippen LogP contribution in [0.4, 0.5) is 10.5 Å². The molecule has 1 saturated carbocycles.